The number of hydrogen-bond donors (Lipinski definition) is 2. The van der Waals surface area contributed by atoms with Crippen LogP contribution in [0.2, 0.25) is 0 Å². The topological polar surface area (TPSA) is 127 Å². The molecule has 2 N–H and O–H groups in total. The molecule has 6 aromatic rings. The molecule has 0 saturated carbocycles. The molecule has 6 rings (SSSR count). The Kier molecular flexibility index (Phi) is 23.5. The zero-order valence-electron chi connectivity index (χ0n) is 49.1. The van der Waals surface area contributed by atoms with Crippen LogP contribution < -0.4 is 0 Å². The Balaban J connectivity index is 0.000000317. The van der Waals surface area contributed by atoms with Crippen molar-refractivity contribution in [1.29, 1.82) is 0 Å². The summed E-state index contributed by atoms with van der Waals surface area (Å²) >= 11 is 0. The summed E-state index contributed by atoms with van der Waals surface area (Å²) in [6.45, 7) is 33.3. The highest BCUT2D eigenvalue weighted by Crippen LogP contribution is 2.44. The van der Waals surface area contributed by atoms with E-state index in [4.69, 9.17) is 14.3 Å². The first-order valence-electron chi connectivity index (χ1n) is 28.0. The van der Waals surface area contributed by atoms with Gasteiger partial charge in [-0.25, -0.2) is 0 Å². The van der Waals surface area contributed by atoms with Crippen LogP contribution in [0.1, 0.15) is 192 Å². The molecule has 0 radical (unpaired) electrons. The molecule has 4 aromatic carbocycles. The van der Waals surface area contributed by atoms with Gasteiger partial charge in [-0.2, -0.15) is 9.59 Å². The highest BCUT2D eigenvalue weighted by Gasteiger charge is 2.34. The molecule has 0 spiro atoms. The monoisotopic (exact) mass is 1040 g/mol. The third-order valence-corrected chi connectivity index (χ3v) is 16.7. The summed E-state index contributed by atoms with van der Waals surface area (Å²) in [6.07, 6.45) is 23.8. The van der Waals surface area contributed by atoms with Crippen molar-refractivity contribution >= 4 is 24.8 Å². The molecule has 0 bridgehead atoms. The third-order valence-electron chi connectivity index (χ3n) is 16.7. The summed E-state index contributed by atoms with van der Waals surface area (Å²) in [5.41, 5.74) is 20.4. The average Bonchev–Trinajstić information content (AvgIpc) is 3.45. The van der Waals surface area contributed by atoms with Gasteiger partial charge in [-0.3, -0.25) is 14.8 Å². The number of hydrogen-bond acceptors (Lipinski definition) is 8. The molecule has 0 atom stereocenters. The van der Waals surface area contributed by atoms with E-state index in [9.17, 15) is 15.0 Å². The van der Waals surface area contributed by atoms with E-state index < -0.39 is 11.2 Å². The second-order valence-electron chi connectivity index (χ2n) is 21.0. The minimum absolute atomic E-state index is 0.0435. The summed E-state index contributed by atoms with van der Waals surface area (Å²) in [5.74, 6) is 0. The Labute approximate surface area is 462 Å². The molecule has 77 heavy (non-hydrogen) atoms. The Morgan fingerprint density at radius 1 is 0.468 bits per heavy atom. The molecule has 410 valence electrons. The summed E-state index contributed by atoms with van der Waals surface area (Å²) in [7, 11) is 0. The van der Waals surface area contributed by atoms with E-state index in [1.807, 2.05) is 64.5 Å². The van der Waals surface area contributed by atoms with Crippen molar-refractivity contribution in [2.45, 2.75) is 190 Å². The van der Waals surface area contributed by atoms with E-state index in [0.717, 1.165) is 61.6 Å². The summed E-state index contributed by atoms with van der Waals surface area (Å²) in [5, 5.41) is 21.4. The lowest BCUT2D eigenvalue weighted by molar-refractivity contribution is -0.191. The lowest BCUT2D eigenvalue weighted by atomic mass is 9.69. The normalized spacial score (nSPS) is 12.0. The average molecular weight is 1040 g/mol. The molecule has 2 heterocycles. The van der Waals surface area contributed by atoms with Crippen molar-refractivity contribution in [3.8, 4) is 22.3 Å². The smallest absolute Gasteiger partial charge is 0.373 e. The van der Waals surface area contributed by atoms with Crippen LogP contribution in [0, 0.1) is 41.5 Å². The van der Waals surface area contributed by atoms with Gasteiger partial charge in [-0.1, -0.05) is 147 Å². The summed E-state index contributed by atoms with van der Waals surface area (Å²) in [6, 6.07) is 27.4. The van der Waals surface area contributed by atoms with Crippen LogP contribution in [0.3, 0.4) is 0 Å². The molecule has 8 heteroatoms. The number of aromatic nitrogens is 2. The first kappa shape index (κ1) is 63.0. The van der Waals surface area contributed by atoms with Gasteiger partial charge in [0.15, 0.2) is 0 Å². The molecular weight excluding hydrogens is 953 g/mol. The van der Waals surface area contributed by atoms with Crippen molar-refractivity contribution < 1.29 is 29.3 Å². The Morgan fingerprint density at radius 2 is 0.805 bits per heavy atom. The van der Waals surface area contributed by atoms with E-state index >= 15 is 0 Å². The summed E-state index contributed by atoms with van der Waals surface area (Å²) in [4.78, 5) is 35.8. The highest BCUT2D eigenvalue weighted by atomic mass is 16.5. The van der Waals surface area contributed by atoms with Crippen molar-refractivity contribution in [1.82, 2.24) is 9.97 Å². The maximum atomic E-state index is 10.7. The van der Waals surface area contributed by atoms with Gasteiger partial charge < -0.3 is 14.9 Å². The molecule has 0 amide bonds. The number of nitrogens with zero attached hydrogens (tertiary/aromatic N) is 2. The van der Waals surface area contributed by atoms with Gasteiger partial charge in [0.05, 0.1) is 11.2 Å². The quantitative estimate of drug-likeness (QED) is 0.0644. The predicted molar refractivity (Wildman–Crippen MR) is 318 cm³/mol. The van der Waals surface area contributed by atoms with E-state index in [-0.39, 0.29) is 23.6 Å². The molecule has 0 aliphatic heterocycles. The molecule has 2 aromatic heterocycles. The number of benzene rings is 4. The van der Waals surface area contributed by atoms with Crippen molar-refractivity contribution in [3.05, 3.63) is 188 Å². The first-order valence-corrected chi connectivity index (χ1v) is 28.0. The maximum absolute atomic E-state index is 10.7. The number of carbonyl (C=O) groups excluding carboxylic acids is 3. The fraction of sp³-hybridized carbons (Fsp3) is 0.420. The number of aliphatic hydroxyl groups is 2. The second kappa shape index (κ2) is 28.7. The minimum Gasteiger partial charge on any atom is -0.463 e. The summed E-state index contributed by atoms with van der Waals surface area (Å²) < 4.78 is 4.94. The van der Waals surface area contributed by atoms with Crippen molar-refractivity contribution in [2.75, 3.05) is 0 Å². The lowest BCUT2D eigenvalue weighted by Gasteiger charge is -2.35. The molecule has 0 aliphatic carbocycles. The molecule has 8 nitrogen and oxygen atoms in total. The third kappa shape index (κ3) is 14.9. The van der Waals surface area contributed by atoms with Crippen LogP contribution in [-0.4, -0.2) is 44.0 Å². The molecule has 0 unspecified atom stereocenters. The molecule has 0 aliphatic rings. The van der Waals surface area contributed by atoms with E-state index in [1.54, 1.807) is 6.20 Å². The van der Waals surface area contributed by atoms with Gasteiger partial charge in [0.1, 0.15) is 6.61 Å². The van der Waals surface area contributed by atoms with Gasteiger partial charge in [-0.15, -0.1) is 0 Å². The van der Waals surface area contributed by atoms with Gasteiger partial charge in [0.25, 0.3) is 6.47 Å². The number of ether oxygens (including phenoxy) is 1. The van der Waals surface area contributed by atoms with Crippen LogP contribution in [-0.2, 0) is 43.0 Å². The number of aryl methyl sites for hydroxylation is 7. The van der Waals surface area contributed by atoms with Crippen molar-refractivity contribution in [2.24, 2.45) is 0 Å². The van der Waals surface area contributed by atoms with Crippen LogP contribution >= 0.6 is 0 Å². The van der Waals surface area contributed by atoms with Gasteiger partial charge in [-0.05, 0) is 195 Å². The van der Waals surface area contributed by atoms with E-state index in [1.165, 1.54) is 83.5 Å². The largest absolute Gasteiger partial charge is 0.463 e. The lowest BCUT2D eigenvalue weighted by Crippen LogP contribution is -2.26. The van der Waals surface area contributed by atoms with Crippen LogP contribution in [0.4, 0.5) is 0 Å². The standard InChI is InChI=1S/C34H43NO3.C34H45NO.CO2/c1-8-33(37,9-2)15-14-28-12-13-30(16-24(28)5)34(10-3,11-4)31-17-25(6)32(26(7)18-31)29-19-27(20-35-21-29)22-38-23-36;1-9-27-21-29(23-35-22-27)32-25(7)19-31(20-26(32)8)34(12-4,13-5)30-15-14-28(24(6)18-30)16-17-33(36,10-2)11-3;2-1-3/h12-21,23,37H,8-11,22H2,1-7H3;14-23,36H,9-13H2,1-8H3;/b15-14+;17-16+;. The Hall–Kier alpha value is -6.57. The number of pyridine rings is 2. The number of carbonyl (C=O) groups is 1. The zero-order valence-corrected chi connectivity index (χ0v) is 49.1. The van der Waals surface area contributed by atoms with Gasteiger partial charge in [0, 0.05) is 52.3 Å². The molecule has 0 fully saturated rings. The number of rotatable bonds is 22. The Bertz CT molecular complexity index is 2950. The maximum Gasteiger partial charge on any atom is 0.373 e. The van der Waals surface area contributed by atoms with Gasteiger partial charge >= 0.3 is 6.15 Å². The molecule has 0 saturated heterocycles. The Morgan fingerprint density at radius 3 is 1.12 bits per heavy atom. The van der Waals surface area contributed by atoms with E-state index in [0.29, 0.717) is 19.3 Å². The zero-order chi connectivity index (χ0) is 57.1. The van der Waals surface area contributed by atoms with E-state index in [2.05, 4.69) is 165 Å². The fourth-order valence-corrected chi connectivity index (χ4v) is 11.3. The highest BCUT2D eigenvalue weighted by molar-refractivity contribution is 5.73. The van der Waals surface area contributed by atoms with Gasteiger partial charge in [0.2, 0.25) is 0 Å². The minimum atomic E-state index is -0.755. The van der Waals surface area contributed by atoms with Crippen LogP contribution in [0.15, 0.2) is 110 Å². The van der Waals surface area contributed by atoms with Crippen LogP contribution in [0.25, 0.3) is 34.4 Å². The molecular formula is C69H88N2O6. The van der Waals surface area contributed by atoms with Crippen LogP contribution in [0.5, 0.6) is 0 Å². The van der Waals surface area contributed by atoms with Crippen molar-refractivity contribution in [3.63, 3.8) is 0 Å². The second-order valence-corrected chi connectivity index (χ2v) is 21.0. The first-order chi connectivity index (χ1) is 36.7. The predicted octanol–water partition coefficient (Wildman–Crippen LogP) is 16.3. The SMILES string of the molecule is CCC(O)(/C=C/c1ccc(C(CC)(CC)c2cc(C)c(-c3cncc(COC=O)c3)c(C)c2)cc1C)CC.CCc1cncc(-c2c(C)cc(C(CC)(CC)c3ccc(/C=C/C(O)(CC)CC)c(C)c3)cc2C)c1.O=C=O. The fourth-order valence-electron chi connectivity index (χ4n) is 11.3.